The van der Waals surface area contributed by atoms with E-state index in [0.29, 0.717) is 25.1 Å². The SMILES string of the molecule is CCC(=O)c1ccc(-c2cccc(C(=O)N(CC)C3COCC3O)c2)s1. The summed E-state index contributed by atoms with van der Waals surface area (Å²) in [5.41, 5.74) is 1.48. The predicted octanol–water partition coefficient (Wildman–Crippen LogP) is 3.23. The third-order valence-corrected chi connectivity index (χ3v) is 5.79. The lowest BCUT2D eigenvalue weighted by molar-refractivity contribution is 0.0520. The molecule has 2 unspecified atom stereocenters. The first-order chi connectivity index (χ1) is 12.5. The Morgan fingerprint density at radius 2 is 2.04 bits per heavy atom. The van der Waals surface area contributed by atoms with Crippen molar-refractivity contribution in [2.75, 3.05) is 19.8 Å². The molecule has 6 heteroatoms. The number of carbonyl (C=O) groups is 2. The first-order valence-corrected chi connectivity index (χ1v) is 9.67. The van der Waals surface area contributed by atoms with Crippen LogP contribution in [0.4, 0.5) is 0 Å². The van der Waals surface area contributed by atoms with Gasteiger partial charge in [0.15, 0.2) is 5.78 Å². The number of hydrogen-bond donors (Lipinski definition) is 1. The molecule has 0 radical (unpaired) electrons. The minimum absolute atomic E-state index is 0.120. The molecule has 3 rings (SSSR count). The van der Waals surface area contributed by atoms with Gasteiger partial charge in [0.05, 0.1) is 30.2 Å². The molecule has 2 aromatic rings. The summed E-state index contributed by atoms with van der Waals surface area (Å²) in [6.45, 7) is 4.87. The van der Waals surface area contributed by atoms with Gasteiger partial charge in [0, 0.05) is 23.4 Å². The molecule has 1 aliphatic heterocycles. The molecule has 5 nitrogen and oxygen atoms in total. The number of ether oxygens (including phenoxy) is 1. The minimum atomic E-state index is -0.651. The first kappa shape index (κ1) is 18.8. The number of ketones is 1. The average molecular weight is 373 g/mol. The number of benzene rings is 1. The van der Waals surface area contributed by atoms with Gasteiger partial charge in [-0.25, -0.2) is 0 Å². The maximum Gasteiger partial charge on any atom is 0.254 e. The fourth-order valence-corrected chi connectivity index (χ4v) is 4.16. The Labute approximate surface area is 157 Å². The number of aliphatic hydroxyl groups is 1. The zero-order chi connectivity index (χ0) is 18.7. The van der Waals surface area contributed by atoms with Crippen LogP contribution in [0, 0.1) is 0 Å². The highest BCUT2D eigenvalue weighted by molar-refractivity contribution is 7.17. The first-order valence-electron chi connectivity index (χ1n) is 8.85. The summed E-state index contributed by atoms with van der Waals surface area (Å²) in [5, 5.41) is 10.0. The molecule has 1 aliphatic rings. The molecule has 0 spiro atoms. The third-order valence-electron chi connectivity index (χ3n) is 4.62. The maximum atomic E-state index is 13.0. The average Bonchev–Trinajstić information content (AvgIpc) is 3.32. The van der Waals surface area contributed by atoms with Gasteiger partial charge in [0.2, 0.25) is 0 Å². The molecule has 1 amide bonds. The summed E-state index contributed by atoms with van der Waals surface area (Å²) in [6.07, 6.45) is -0.169. The Morgan fingerprint density at radius 1 is 1.23 bits per heavy atom. The molecular weight excluding hydrogens is 350 g/mol. The van der Waals surface area contributed by atoms with E-state index in [2.05, 4.69) is 0 Å². The summed E-state index contributed by atoms with van der Waals surface area (Å²) in [5.74, 6) is 0.00572. The fourth-order valence-electron chi connectivity index (χ4n) is 3.15. The molecular formula is C20H23NO4S. The van der Waals surface area contributed by atoms with Crippen LogP contribution in [0.5, 0.6) is 0 Å². The van der Waals surface area contributed by atoms with Crippen LogP contribution in [-0.2, 0) is 4.74 Å². The van der Waals surface area contributed by atoms with Gasteiger partial charge in [0.1, 0.15) is 0 Å². The van der Waals surface area contributed by atoms with Crippen molar-refractivity contribution in [1.82, 2.24) is 4.90 Å². The van der Waals surface area contributed by atoms with Crippen molar-refractivity contribution in [3.8, 4) is 10.4 Å². The highest BCUT2D eigenvalue weighted by Crippen LogP contribution is 2.30. The third kappa shape index (κ3) is 3.72. The van der Waals surface area contributed by atoms with Crippen molar-refractivity contribution in [3.05, 3.63) is 46.8 Å². The number of Topliss-reactive ketones (excluding diaryl/α,β-unsaturated/α-hetero) is 1. The van der Waals surface area contributed by atoms with E-state index in [0.717, 1.165) is 15.3 Å². The summed E-state index contributed by atoms with van der Waals surface area (Å²) in [4.78, 5) is 28.2. The Kier molecular flexibility index (Phi) is 5.86. The lowest BCUT2D eigenvalue weighted by Crippen LogP contribution is -2.46. The molecule has 1 N–H and O–H groups in total. The summed E-state index contributed by atoms with van der Waals surface area (Å²) >= 11 is 1.44. The van der Waals surface area contributed by atoms with Gasteiger partial charge < -0.3 is 14.7 Å². The molecule has 1 saturated heterocycles. The van der Waals surface area contributed by atoms with Gasteiger partial charge in [-0.1, -0.05) is 19.1 Å². The Hall–Kier alpha value is -2.02. The summed E-state index contributed by atoms with van der Waals surface area (Å²) in [7, 11) is 0. The van der Waals surface area contributed by atoms with Crippen molar-refractivity contribution in [1.29, 1.82) is 0 Å². The van der Waals surface area contributed by atoms with Crippen LogP contribution in [0.15, 0.2) is 36.4 Å². The second-order valence-electron chi connectivity index (χ2n) is 6.28. The van der Waals surface area contributed by atoms with Crippen LogP contribution >= 0.6 is 11.3 Å². The number of hydrogen-bond acceptors (Lipinski definition) is 5. The molecule has 2 heterocycles. The largest absolute Gasteiger partial charge is 0.388 e. The molecule has 1 aromatic heterocycles. The number of nitrogens with zero attached hydrogens (tertiary/aromatic N) is 1. The predicted molar refractivity (Wildman–Crippen MR) is 102 cm³/mol. The van der Waals surface area contributed by atoms with Crippen LogP contribution in [0.1, 0.15) is 40.3 Å². The Bertz CT molecular complexity index is 801. The van der Waals surface area contributed by atoms with Gasteiger partial charge in [-0.15, -0.1) is 11.3 Å². The second-order valence-corrected chi connectivity index (χ2v) is 7.37. The number of carbonyl (C=O) groups excluding carboxylic acids is 2. The number of likely N-dealkylation sites (N-methyl/N-ethyl adjacent to an activating group) is 1. The lowest BCUT2D eigenvalue weighted by atomic mass is 10.1. The van der Waals surface area contributed by atoms with Gasteiger partial charge in [-0.05, 0) is 36.8 Å². The molecule has 26 heavy (non-hydrogen) atoms. The summed E-state index contributed by atoms with van der Waals surface area (Å²) in [6, 6.07) is 10.9. The normalized spacial score (nSPS) is 19.5. The van der Waals surface area contributed by atoms with Crippen LogP contribution in [-0.4, -0.2) is 53.6 Å². The standard InChI is InChI=1S/C20H23NO4S/c1-3-16(22)19-9-8-18(26-19)13-6-5-7-14(10-13)20(24)21(4-2)15-11-25-12-17(15)23/h5-10,15,17,23H,3-4,11-12H2,1-2H3. The zero-order valence-corrected chi connectivity index (χ0v) is 15.8. The summed E-state index contributed by atoms with van der Waals surface area (Å²) < 4.78 is 5.29. The van der Waals surface area contributed by atoms with E-state index in [1.165, 1.54) is 11.3 Å². The van der Waals surface area contributed by atoms with Crippen molar-refractivity contribution in [3.63, 3.8) is 0 Å². The van der Waals surface area contributed by atoms with Gasteiger partial charge >= 0.3 is 0 Å². The van der Waals surface area contributed by atoms with E-state index in [1.807, 2.05) is 44.2 Å². The van der Waals surface area contributed by atoms with Crippen LogP contribution < -0.4 is 0 Å². The van der Waals surface area contributed by atoms with E-state index >= 15 is 0 Å². The fraction of sp³-hybridized carbons (Fsp3) is 0.400. The molecule has 2 atom stereocenters. The van der Waals surface area contributed by atoms with Crippen LogP contribution in [0.3, 0.4) is 0 Å². The van der Waals surface area contributed by atoms with E-state index in [4.69, 9.17) is 4.74 Å². The zero-order valence-electron chi connectivity index (χ0n) is 15.0. The van der Waals surface area contributed by atoms with E-state index in [1.54, 1.807) is 11.0 Å². The number of amides is 1. The molecule has 0 saturated carbocycles. The minimum Gasteiger partial charge on any atom is -0.388 e. The number of rotatable bonds is 6. The molecule has 0 bridgehead atoms. The molecule has 1 fully saturated rings. The Balaban J connectivity index is 1.85. The maximum absolute atomic E-state index is 13.0. The monoisotopic (exact) mass is 373 g/mol. The molecule has 0 aliphatic carbocycles. The van der Waals surface area contributed by atoms with Crippen molar-refractivity contribution < 1.29 is 19.4 Å². The van der Waals surface area contributed by atoms with E-state index in [9.17, 15) is 14.7 Å². The van der Waals surface area contributed by atoms with Crippen molar-refractivity contribution in [2.24, 2.45) is 0 Å². The molecule has 1 aromatic carbocycles. The van der Waals surface area contributed by atoms with Crippen molar-refractivity contribution >= 4 is 23.0 Å². The quantitative estimate of drug-likeness (QED) is 0.790. The highest BCUT2D eigenvalue weighted by Gasteiger charge is 2.34. The lowest BCUT2D eigenvalue weighted by Gasteiger charge is -2.29. The van der Waals surface area contributed by atoms with Gasteiger partial charge in [0.25, 0.3) is 5.91 Å². The van der Waals surface area contributed by atoms with Gasteiger partial charge in [-0.3, -0.25) is 9.59 Å². The topological polar surface area (TPSA) is 66.8 Å². The van der Waals surface area contributed by atoms with Crippen molar-refractivity contribution in [2.45, 2.75) is 32.4 Å². The van der Waals surface area contributed by atoms with Crippen LogP contribution in [0.25, 0.3) is 10.4 Å². The Morgan fingerprint density at radius 3 is 2.69 bits per heavy atom. The van der Waals surface area contributed by atoms with Gasteiger partial charge in [-0.2, -0.15) is 0 Å². The smallest absolute Gasteiger partial charge is 0.254 e. The number of aliphatic hydroxyl groups excluding tert-OH is 1. The van der Waals surface area contributed by atoms with E-state index in [-0.39, 0.29) is 24.3 Å². The second kappa shape index (κ2) is 8.12. The van der Waals surface area contributed by atoms with Crippen LogP contribution in [0.2, 0.25) is 0 Å². The number of thiophene rings is 1. The highest BCUT2D eigenvalue weighted by atomic mass is 32.1. The molecule has 138 valence electrons. The van der Waals surface area contributed by atoms with E-state index < -0.39 is 6.10 Å².